The van der Waals surface area contributed by atoms with Crippen LogP contribution in [0, 0.1) is 0 Å². The zero-order valence-electron chi connectivity index (χ0n) is 13.6. The molecule has 3 aromatic rings. The first-order valence-corrected chi connectivity index (χ1v) is 8.72. The number of ether oxygens (including phenoxy) is 1. The lowest BCUT2D eigenvalue weighted by molar-refractivity contribution is 0.302. The lowest BCUT2D eigenvalue weighted by Crippen LogP contribution is -2.13. The van der Waals surface area contributed by atoms with Gasteiger partial charge in [0.15, 0.2) is 0 Å². The molecule has 0 unspecified atom stereocenters. The Kier molecular flexibility index (Phi) is 6.29. The van der Waals surface area contributed by atoms with Crippen molar-refractivity contribution in [1.82, 2.24) is 10.3 Å². The first-order valence-electron chi connectivity index (χ1n) is 7.96. The van der Waals surface area contributed by atoms with Crippen molar-refractivity contribution >= 4 is 23.2 Å². The number of aromatic nitrogens is 1. The highest BCUT2D eigenvalue weighted by Gasteiger charge is 2.05. The molecule has 0 fully saturated rings. The molecule has 25 heavy (non-hydrogen) atoms. The zero-order valence-corrected chi connectivity index (χ0v) is 15.1. The molecule has 3 nitrogen and oxygen atoms in total. The predicted molar refractivity (Wildman–Crippen MR) is 102 cm³/mol. The third-order valence-electron chi connectivity index (χ3n) is 3.74. The molecule has 0 radical (unpaired) electrons. The minimum Gasteiger partial charge on any atom is -0.489 e. The van der Waals surface area contributed by atoms with Gasteiger partial charge < -0.3 is 10.1 Å². The van der Waals surface area contributed by atoms with Gasteiger partial charge in [-0.05, 0) is 41.5 Å². The van der Waals surface area contributed by atoms with Gasteiger partial charge in [-0.3, -0.25) is 4.98 Å². The van der Waals surface area contributed by atoms with Crippen LogP contribution in [0.4, 0.5) is 0 Å². The third kappa shape index (κ3) is 5.20. The van der Waals surface area contributed by atoms with Gasteiger partial charge in [-0.25, -0.2) is 0 Å². The first-order chi connectivity index (χ1) is 12.2. The molecule has 0 aliphatic heterocycles. The fraction of sp³-hybridized carbons (Fsp3) is 0.150. The number of halogens is 2. The van der Waals surface area contributed by atoms with Crippen molar-refractivity contribution in [3.63, 3.8) is 0 Å². The molecule has 3 rings (SSSR count). The van der Waals surface area contributed by atoms with Gasteiger partial charge in [-0.2, -0.15) is 0 Å². The van der Waals surface area contributed by atoms with E-state index in [4.69, 9.17) is 27.9 Å². The van der Waals surface area contributed by atoms with Crippen LogP contribution in [-0.2, 0) is 19.7 Å². The molecule has 0 aliphatic rings. The summed E-state index contributed by atoms with van der Waals surface area (Å²) in [5.41, 5.74) is 3.29. The Balaban J connectivity index is 1.59. The van der Waals surface area contributed by atoms with Gasteiger partial charge in [-0.15, -0.1) is 0 Å². The van der Waals surface area contributed by atoms with Crippen molar-refractivity contribution in [3.05, 3.63) is 93.7 Å². The summed E-state index contributed by atoms with van der Waals surface area (Å²) < 4.78 is 5.97. The summed E-state index contributed by atoms with van der Waals surface area (Å²) in [5.74, 6) is 0.857. The third-order valence-corrected chi connectivity index (χ3v) is 4.48. The summed E-state index contributed by atoms with van der Waals surface area (Å²) in [4.78, 5) is 4.03. The molecule has 0 amide bonds. The fourth-order valence-corrected chi connectivity index (χ4v) is 2.74. The number of hydrogen-bond donors (Lipinski definition) is 1. The minimum atomic E-state index is 0.443. The Morgan fingerprint density at radius 2 is 1.64 bits per heavy atom. The highest BCUT2D eigenvalue weighted by Crippen LogP contribution is 2.24. The maximum Gasteiger partial charge on any atom is 0.124 e. The molecular formula is C20H18Cl2N2O. The molecule has 0 saturated heterocycles. The number of nitrogens with zero attached hydrogens (tertiary/aromatic N) is 1. The summed E-state index contributed by atoms with van der Waals surface area (Å²) in [5, 5.41) is 4.51. The van der Waals surface area contributed by atoms with Crippen LogP contribution in [0.1, 0.15) is 16.7 Å². The van der Waals surface area contributed by atoms with Crippen molar-refractivity contribution in [2.24, 2.45) is 0 Å². The minimum absolute atomic E-state index is 0.443. The number of pyridine rings is 1. The Morgan fingerprint density at radius 1 is 0.840 bits per heavy atom. The maximum absolute atomic E-state index is 6.05. The summed E-state index contributed by atoms with van der Waals surface area (Å²) in [6, 6.07) is 17.5. The van der Waals surface area contributed by atoms with Gasteiger partial charge in [0.2, 0.25) is 0 Å². The Morgan fingerprint density at radius 3 is 2.44 bits per heavy atom. The van der Waals surface area contributed by atoms with E-state index >= 15 is 0 Å². The SMILES string of the molecule is Clc1ccc(COc2ccccc2CNCc2ccncc2)cc1Cl. The summed E-state index contributed by atoms with van der Waals surface area (Å²) >= 11 is 12.0. The molecule has 0 atom stereocenters. The molecule has 0 aliphatic carbocycles. The molecule has 2 aromatic carbocycles. The Labute approximate surface area is 157 Å². The van der Waals surface area contributed by atoms with Gasteiger partial charge in [0, 0.05) is 31.0 Å². The topological polar surface area (TPSA) is 34.1 Å². The molecule has 1 aromatic heterocycles. The second-order valence-electron chi connectivity index (χ2n) is 5.60. The number of benzene rings is 2. The van der Waals surface area contributed by atoms with E-state index in [1.807, 2.05) is 42.5 Å². The van der Waals surface area contributed by atoms with E-state index in [9.17, 15) is 0 Å². The molecule has 0 spiro atoms. The number of para-hydroxylation sites is 1. The lowest BCUT2D eigenvalue weighted by atomic mass is 10.2. The van der Waals surface area contributed by atoms with Gasteiger partial charge in [0.1, 0.15) is 12.4 Å². The van der Waals surface area contributed by atoms with Crippen molar-refractivity contribution in [1.29, 1.82) is 0 Å². The van der Waals surface area contributed by atoms with E-state index in [1.165, 1.54) is 5.56 Å². The molecule has 1 N–H and O–H groups in total. The molecule has 0 saturated carbocycles. The van der Waals surface area contributed by atoms with Crippen LogP contribution >= 0.6 is 23.2 Å². The standard InChI is InChI=1S/C20H18Cl2N2O/c21-18-6-5-16(11-19(18)22)14-25-20-4-2-1-3-17(20)13-24-12-15-7-9-23-10-8-15/h1-11,24H,12-14H2. The van der Waals surface area contributed by atoms with Crippen molar-refractivity contribution in [3.8, 4) is 5.75 Å². The molecule has 0 bridgehead atoms. The molecule has 5 heteroatoms. The van der Waals surface area contributed by atoms with E-state index in [2.05, 4.69) is 16.4 Å². The van der Waals surface area contributed by atoms with Crippen molar-refractivity contribution < 1.29 is 4.74 Å². The predicted octanol–water partition coefficient (Wildman–Crippen LogP) is 5.26. The van der Waals surface area contributed by atoms with Crippen LogP contribution in [0.2, 0.25) is 10.0 Å². The van der Waals surface area contributed by atoms with Gasteiger partial charge in [-0.1, -0.05) is 47.5 Å². The Bertz CT molecular complexity index is 825. The number of nitrogens with one attached hydrogen (secondary N) is 1. The summed E-state index contributed by atoms with van der Waals surface area (Å²) in [6.07, 6.45) is 3.59. The largest absolute Gasteiger partial charge is 0.489 e. The molecular weight excluding hydrogens is 355 g/mol. The quantitative estimate of drug-likeness (QED) is 0.614. The lowest BCUT2D eigenvalue weighted by Gasteiger charge is -2.13. The van der Waals surface area contributed by atoms with Gasteiger partial charge >= 0.3 is 0 Å². The highest BCUT2D eigenvalue weighted by molar-refractivity contribution is 6.42. The average Bonchev–Trinajstić information content (AvgIpc) is 2.64. The van der Waals surface area contributed by atoms with Crippen LogP contribution in [0.25, 0.3) is 0 Å². The van der Waals surface area contributed by atoms with Crippen LogP contribution in [0.15, 0.2) is 67.0 Å². The van der Waals surface area contributed by atoms with Crippen LogP contribution in [-0.4, -0.2) is 4.98 Å². The fourth-order valence-electron chi connectivity index (χ4n) is 2.42. The Hall–Kier alpha value is -2.07. The second kappa shape index (κ2) is 8.86. The second-order valence-corrected chi connectivity index (χ2v) is 6.42. The molecule has 1 heterocycles. The van der Waals surface area contributed by atoms with Crippen LogP contribution < -0.4 is 10.1 Å². The smallest absolute Gasteiger partial charge is 0.124 e. The zero-order chi connectivity index (χ0) is 17.5. The van der Waals surface area contributed by atoms with Gasteiger partial charge in [0.25, 0.3) is 0 Å². The number of hydrogen-bond acceptors (Lipinski definition) is 3. The first kappa shape index (κ1) is 17.7. The summed E-state index contributed by atoms with van der Waals surface area (Å²) in [7, 11) is 0. The van der Waals surface area contributed by atoms with Crippen molar-refractivity contribution in [2.75, 3.05) is 0 Å². The van der Waals surface area contributed by atoms with Crippen LogP contribution in [0.5, 0.6) is 5.75 Å². The van der Waals surface area contributed by atoms with E-state index in [-0.39, 0.29) is 0 Å². The monoisotopic (exact) mass is 372 g/mol. The van der Waals surface area contributed by atoms with E-state index in [1.54, 1.807) is 18.5 Å². The maximum atomic E-state index is 6.05. The van der Waals surface area contributed by atoms with Crippen molar-refractivity contribution in [2.45, 2.75) is 19.7 Å². The van der Waals surface area contributed by atoms with E-state index in [0.29, 0.717) is 16.7 Å². The highest BCUT2D eigenvalue weighted by atomic mass is 35.5. The van der Waals surface area contributed by atoms with E-state index in [0.717, 1.165) is 30.0 Å². The normalized spacial score (nSPS) is 10.6. The summed E-state index contributed by atoms with van der Waals surface area (Å²) in [6.45, 7) is 1.95. The van der Waals surface area contributed by atoms with E-state index < -0.39 is 0 Å². The number of rotatable bonds is 7. The molecule has 128 valence electrons. The average molecular weight is 373 g/mol. The van der Waals surface area contributed by atoms with Crippen LogP contribution in [0.3, 0.4) is 0 Å². The van der Waals surface area contributed by atoms with Gasteiger partial charge in [0.05, 0.1) is 10.0 Å².